The number of imide groups is 1. The van der Waals surface area contributed by atoms with Crippen LogP contribution in [0.3, 0.4) is 0 Å². The molecule has 0 radical (unpaired) electrons. The van der Waals surface area contributed by atoms with Gasteiger partial charge in [0.15, 0.2) is 0 Å². The van der Waals surface area contributed by atoms with Crippen molar-refractivity contribution in [3.05, 3.63) is 59.2 Å². The molecule has 0 aliphatic carbocycles. The Morgan fingerprint density at radius 1 is 1.10 bits per heavy atom. The average molecular weight is 425 g/mol. The van der Waals surface area contributed by atoms with E-state index in [0.717, 1.165) is 11.1 Å². The summed E-state index contributed by atoms with van der Waals surface area (Å²) in [5.41, 5.74) is 1.15. The maximum Gasteiger partial charge on any atom is 0.326 e. The highest BCUT2D eigenvalue weighted by molar-refractivity contribution is 6.07. The zero-order valence-corrected chi connectivity index (χ0v) is 17.9. The largest absolute Gasteiger partial charge is 0.496 e. The number of benzene rings is 2. The van der Waals surface area contributed by atoms with E-state index < -0.39 is 17.7 Å². The number of amides is 3. The third-order valence-electron chi connectivity index (χ3n) is 6.17. The smallest absolute Gasteiger partial charge is 0.326 e. The van der Waals surface area contributed by atoms with Crippen LogP contribution >= 0.6 is 0 Å². The highest BCUT2D eigenvalue weighted by atomic mass is 16.5. The Bertz CT molecular complexity index is 996. The molecule has 2 aliphatic rings. The molecule has 0 unspecified atom stereocenters. The Hall–Kier alpha value is -3.10. The second kappa shape index (κ2) is 8.20. The van der Waals surface area contributed by atoms with E-state index in [0.29, 0.717) is 30.0 Å². The molecular weight excluding hydrogens is 398 g/mol. The minimum absolute atomic E-state index is 0.0656. The first-order valence-corrected chi connectivity index (χ1v) is 10.3. The van der Waals surface area contributed by atoms with E-state index in [2.05, 4.69) is 5.32 Å². The highest BCUT2D eigenvalue weighted by Crippen LogP contribution is 2.40. The van der Waals surface area contributed by atoms with Crippen molar-refractivity contribution >= 4 is 11.9 Å². The Balaban J connectivity index is 1.61. The van der Waals surface area contributed by atoms with Crippen molar-refractivity contribution in [2.24, 2.45) is 0 Å². The standard InChI is InChI=1S/C23H27N3O5/c1-4-23(15-8-6-5-7-9-15)21(28)26(22(29)24-23)14-25-12-16-18(30-2)10-11-19(31-3)20(16)17(27)13-25/h5-11,17,27H,4,12-14H2,1-3H3,(H,24,29)/t17-,23+/m1/s1. The molecule has 2 heterocycles. The number of methoxy groups -OCH3 is 2. The molecule has 1 fully saturated rings. The summed E-state index contributed by atoms with van der Waals surface area (Å²) >= 11 is 0. The van der Waals surface area contributed by atoms with Gasteiger partial charge in [0.2, 0.25) is 0 Å². The van der Waals surface area contributed by atoms with E-state index in [1.165, 1.54) is 4.90 Å². The van der Waals surface area contributed by atoms with Gasteiger partial charge in [-0.05, 0) is 24.1 Å². The summed E-state index contributed by atoms with van der Waals surface area (Å²) in [6.45, 7) is 2.62. The van der Waals surface area contributed by atoms with Crippen LogP contribution < -0.4 is 14.8 Å². The lowest BCUT2D eigenvalue weighted by Gasteiger charge is -2.35. The van der Waals surface area contributed by atoms with Crippen LogP contribution in [-0.4, -0.2) is 54.3 Å². The van der Waals surface area contributed by atoms with Gasteiger partial charge in [0.1, 0.15) is 17.0 Å². The van der Waals surface area contributed by atoms with Crippen LogP contribution in [0.4, 0.5) is 4.79 Å². The second-order valence-electron chi connectivity index (χ2n) is 7.82. The number of carbonyl (C=O) groups excluding carboxylic acids is 2. The number of carbonyl (C=O) groups is 2. The topological polar surface area (TPSA) is 91.3 Å². The molecule has 2 atom stereocenters. The van der Waals surface area contributed by atoms with Gasteiger partial charge < -0.3 is 19.9 Å². The SMILES string of the molecule is CC[C@@]1(c2ccccc2)NC(=O)N(CN2Cc3c(OC)ccc(OC)c3[C@H](O)C2)C1=O. The van der Waals surface area contributed by atoms with E-state index in [1.54, 1.807) is 26.4 Å². The number of rotatable bonds is 6. The molecule has 8 nitrogen and oxygen atoms in total. The fourth-order valence-electron chi connectivity index (χ4n) is 4.57. The summed E-state index contributed by atoms with van der Waals surface area (Å²) < 4.78 is 10.9. The zero-order chi connectivity index (χ0) is 22.2. The summed E-state index contributed by atoms with van der Waals surface area (Å²) in [5.74, 6) is 0.931. The van der Waals surface area contributed by atoms with Crippen molar-refractivity contribution in [3.8, 4) is 11.5 Å². The number of aliphatic hydroxyl groups excluding tert-OH is 1. The maximum absolute atomic E-state index is 13.4. The number of nitrogens with one attached hydrogen (secondary N) is 1. The number of hydrogen-bond donors (Lipinski definition) is 2. The third kappa shape index (κ3) is 3.41. The lowest BCUT2D eigenvalue weighted by Crippen LogP contribution is -2.46. The van der Waals surface area contributed by atoms with Crippen molar-refractivity contribution in [1.29, 1.82) is 0 Å². The maximum atomic E-state index is 13.4. The lowest BCUT2D eigenvalue weighted by molar-refractivity contribution is -0.133. The summed E-state index contributed by atoms with van der Waals surface area (Å²) in [6, 6.07) is 12.4. The van der Waals surface area contributed by atoms with Crippen molar-refractivity contribution in [3.63, 3.8) is 0 Å². The van der Waals surface area contributed by atoms with Crippen LogP contribution in [0.25, 0.3) is 0 Å². The minimum Gasteiger partial charge on any atom is -0.496 e. The monoisotopic (exact) mass is 425 g/mol. The predicted molar refractivity (Wildman–Crippen MR) is 114 cm³/mol. The van der Waals surface area contributed by atoms with Crippen molar-refractivity contribution in [2.75, 3.05) is 27.4 Å². The van der Waals surface area contributed by atoms with E-state index in [4.69, 9.17) is 9.47 Å². The molecule has 0 spiro atoms. The van der Waals surface area contributed by atoms with Crippen LogP contribution in [-0.2, 0) is 16.9 Å². The van der Waals surface area contributed by atoms with Gasteiger partial charge in [-0.2, -0.15) is 0 Å². The molecular formula is C23H27N3O5. The van der Waals surface area contributed by atoms with Gasteiger partial charge in [0.05, 0.1) is 27.0 Å². The van der Waals surface area contributed by atoms with Gasteiger partial charge in [-0.3, -0.25) is 9.69 Å². The molecule has 3 amide bonds. The lowest BCUT2D eigenvalue weighted by atomic mass is 9.87. The molecule has 164 valence electrons. The molecule has 1 saturated heterocycles. The van der Waals surface area contributed by atoms with Gasteiger partial charge in [0, 0.05) is 24.2 Å². The first kappa shape index (κ1) is 21.1. The van der Waals surface area contributed by atoms with Gasteiger partial charge in [-0.25, -0.2) is 9.69 Å². The number of fused-ring (bicyclic) bond motifs is 1. The number of ether oxygens (including phenoxy) is 2. The van der Waals surface area contributed by atoms with E-state index in [-0.39, 0.29) is 19.1 Å². The molecule has 0 saturated carbocycles. The number of urea groups is 1. The van der Waals surface area contributed by atoms with Gasteiger partial charge in [-0.1, -0.05) is 37.3 Å². The van der Waals surface area contributed by atoms with E-state index >= 15 is 0 Å². The van der Waals surface area contributed by atoms with Gasteiger partial charge in [0.25, 0.3) is 5.91 Å². The molecule has 31 heavy (non-hydrogen) atoms. The summed E-state index contributed by atoms with van der Waals surface area (Å²) in [6.07, 6.45) is -0.395. The number of aliphatic hydroxyl groups is 1. The fraction of sp³-hybridized carbons (Fsp3) is 0.391. The Kier molecular flexibility index (Phi) is 5.60. The normalized spacial score (nSPS) is 23.5. The highest BCUT2D eigenvalue weighted by Gasteiger charge is 2.51. The third-order valence-corrected chi connectivity index (χ3v) is 6.17. The molecule has 2 aliphatic heterocycles. The van der Waals surface area contributed by atoms with Crippen LogP contribution in [0.15, 0.2) is 42.5 Å². The molecule has 2 aromatic carbocycles. The minimum atomic E-state index is -1.08. The van der Waals surface area contributed by atoms with Crippen molar-refractivity contribution < 1.29 is 24.2 Å². The van der Waals surface area contributed by atoms with Gasteiger partial charge in [-0.15, -0.1) is 0 Å². The molecule has 0 bridgehead atoms. The molecule has 4 rings (SSSR count). The summed E-state index contributed by atoms with van der Waals surface area (Å²) in [7, 11) is 3.13. The quantitative estimate of drug-likeness (QED) is 0.691. The number of nitrogens with zero attached hydrogens (tertiary/aromatic N) is 2. The molecule has 8 heteroatoms. The zero-order valence-electron chi connectivity index (χ0n) is 17.9. The fourth-order valence-corrected chi connectivity index (χ4v) is 4.57. The van der Waals surface area contributed by atoms with Crippen LogP contribution in [0, 0.1) is 0 Å². The number of hydrogen-bond acceptors (Lipinski definition) is 6. The van der Waals surface area contributed by atoms with Gasteiger partial charge >= 0.3 is 6.03 Å². The predicted octanol–water partition coefficient (Wildman–Crippen LogP) is 2.37. The average Bonchev–Trinajstić information content (AvgIpc) is 3.04. The Morgan fingerprint density at radius 2 is 1.77 bits per heavy atom. The number of β-amino-alcohol motifs (C(OH)–C–C–N with tert-alkyl or cyclic N) is 1. The van der Waals surface area contributed by atoms with Crippen LogP contribution in [0.2, 0.25) is 0 Å². The van der Waals surface area contributed by atoms with E-state index in [9.17, 15) is 14.7 Å². The first-order chi connectivity index (χ1) is 14.9. The Morgan fingerprint density at radius 3 is 2.42 bits per heavy atom. The van der Waals surface area contributed by atoms with Crippen molar-refractivity contribution in [1.82, 2.24) is 15.1 Å². The van der Waals surface area contributed by atoms with Crippen molar-refractivity contribution in [2.45, 2.75) is 31.5 Å². The second-order valence-corrected chi connectivity index (χ2v) is 7.82. The first-order valence-electron chi connectivity index (χ1n) is 10.3. The molecule has 2 N–H and O–H groups in total. The van der Waals surface area contributed by atoms with E-state index in [1.807, 2.05) is 42.2 Å². The van der Waals surface area contributed by atoms with Crippen LogP contribution in [0.1, 0.15) is 36.1 Å². The molecule has 2 aromatic rings. The molecule has 0 aromatic heterocycles. The van der Waals surface area contributed by atoms with Crippen LogP contribution in [0.5, 0.6) is 11.5 Å². The Labute approximate surface area is 181 Å². The summed E-state index contributed by atoms with van der Waals surface area (Å²) in [5, 5.41) is 13.7. The summed E-state index contributed by atoms with van der Waals surface area (Å²) in [4.78, 5) is 29.3.